The summed E-state index contributed by atoms with van der Waals surface area (Å²) in [5.74, 6) is -0.0340. The van der Waals surface area contributed by atoms with Gasteiger partial charge >= 0.3 is 75.0 Å². The molecule has 0 saturated heterocycles. The molecule has 0 heterocycles. The molecule has 0 bridgehead atoms. The van der Waals surface area contributed by atoms with E-state index in [1.165, 1.54) is 0 Å². The van der Waals surface area contributed by atoms with Crippen molar-refractivity contribution in [1.82, 2.24) is 0 Å². The first-order chi connectivity index (χ1) is 24.6. The van der Waals surface area contributed by atoms with Crippen LogP contribution in [0.5, 0.6) is 0 Å². The van der Waals surface area contributed by atoms with Gasteiger partial charge < -0.3 is 4.70 Å². The predicted molar refractivity (Wildman–Crippen MR) is 215 cm³/mol. The summed E-state index contributed by atoms with van der Waals surface area (Å²) in [5, 5.41) is 2.80. The standard InChI is InChI=1S/C13H8Cl2O.C7H4Cl2O.C7H4ClO.C6H5Cl.CH4.ClH.12FH.2Sb/c14-11-5-1-9(2-6-11)13(16)10-3-7-12(15)8-4-10;8-6-3-1-5(2-4-6)7(9)10;8-7-3-1-6(5-9)2-4-7;7-6-4-2-1-3-5-6;;;;;;;;;;;;;;;;/h1-8H;1-4H;1-4H;1-5H;1H4;13*1H;;/q;;+1;;;;;;;;;;;;;;;;2*+5/p-11. The van der Waals surface area contributed by atoms with E-state index in [1.54, 1.807) is 103 Å². The molecule has 58 heavy (non-hydrogen) atoms. The van der Waals surface area contributed by atoms with Crippen molar-refractivity contribution >= 4 is 140 Å². The van der Waals surface area contributed by atoms with Crippen molar-refractivity contribution < 1.29 is 51.9 Å². The van der Waals surface area contributed by atoms with Crippen molar-refractivity contribution in [1.29, 1.82) is 0 Å². The number of hydrogen-bond acceptors (Lipinski definition) is 3. The molecule has 5 aromatic rings. The van der Waals surface area contributed by atoms with Crippen LogP contribution in [0.4, 0.5) is 32.8 Å². The van der Waals surface area contributed by atoms with E-state index in [9.17, 15) is 42.5 Å². The minimum atomic E-state index is -9.19. The van der Waals surface area contributed by atoms with Crippen LogP contribution in [0.3, 0.4) is 0 Å². The summed E-state index contributed by atoms with van der Waals surface area (Å²) < 4.78 is 99.1. The van der Waals surface area contributed by atoms with E-state index in [1.807, 2.05) is 30.3 Å². The van der Waals surface area contributed by atoms with E-state index in [-0.39, 0.29) is 35.0 Å². The summed E-state index contributed by atoms with van der Waals surface area (Å²) in [6, 6.07) is 36.0. The molecule has 0 atom stereocenters. The van der Waals surface area contributed by atoms with Gasteiger partial charge in [0.15, 0.2) is 5.78 Å². The maximum absolute atomic E-state index is 12.0. The number of ketones is 1. The Bertz CT molecular complexity index is 1800. The van der Waals surface area contributed by atoms with E-state index in [2.05, 4.69) is 0 Å². The molecular weight excluding hydrogens is 1180 g/mol. The van der Waals surface area contributed by atoms with E-state index in [0.29, 0.717) is 42.3 Å². The number of rotatable bonds is 4. The summed E-state index contributed by atoms with van der Waals surface area (Å²) in [6.45, 7) is 0. The number of hydrogen-bond donors (Lipinski definition) is 0. The first-order valence-corrected chi connectivity index (χ1v) is 25.5. The van der Waals surface area contributed by atoms with Gasteiger partial charge in [-0.3, -0.25) is 14.3 Å². The molecule has 0 aliphatic heterocycles. The molecular formula is C34H27Cl7F12O3Sb2. The molecule has 5 rings (SSSR count). The van der Waals surface area contributed by atoms with Gasteiger partial charge in [0, 0.05) is 48.9 Å². The van der Waals surface area contributed by atoms with Gasteiger partial charge in [-0.1, -0.05) is 83.6 Å². The molecule has 0 aliphatic rings. The molecule has 0 radical (unpaired) electrons. The Balaban J connectivity index is -0.000000199. The summed E-state index contributed by atoms with van der Waals surface area (Å²) in [5.41, 5.74) is 2.23. The molecule has 0 aromatic heterocycles. The molecule has 5 aromatic carbocycles. The fourth-order valence-electron chi connectivity index (χ4n) is 2.88. The van der Waals surface area contributed by atoms with Crippen molar-refractivity contribution in [2.75, 3.05) is 0 Å². The molecule has 0 spiro atoms. The molecule has 324 valence electrons. The van der Waals surface area contributed by atoms with Crippen LogP contribution in [0.15, 0.2) is 127 Å². The fraction of sp³-hybridized carbons (Fsp3) is 0.0294. The summed E-state index contributed by atoms with van der Waals surface area (Å²) in [6.07, 6.45) is 1.75. The van der Waals surface area contributed by atoms with Crippen LogP contribution in [0.1, 0.15) is 39.3 Å². The Labute approximate surface area is 370 Å². The van der Waals surface area contributed by atoms with Crippen LogP contribution in [0.2, 0.25) is 25.1 Å². The van der Waals surface area contributed by atoms with Crippen LogP contribution < -0.4 is 4.70 Å². The number of carbonyl (C=O) groups is 2. The minimum absolute atomic E-state index is 0. The van der Waals surface area contributed by atoms with Gasteiger partial charge in [-0.25, -0.2) is 0 Å². The Morgan fingerprint density at radius 1 is 0.448 bits per heavy atom. The fourth-order valence-corrected chi connectivity index (χ4v) is 3.66. The van der Waals surface area contributed by atoms with Gasteiger partial charge in [-0.15, -0.1) is 17.2 Å². The normalized spacial score (nSPS) is 10.8. The zero-order valence-corrected chi connectivity index (χ0v) is 37.9. The molecule has 0 amide bonds. The zero-order valence-electron chi connectivity index (χ0n) is 27.5. The summed E-state index contributed by atoms with van der Waals surface area (Å²) in [4.78, 5) is 32.4. The third kappa shape index (κ3) is 42.0. The Morgan fingerprint density at radius 2 is 0.672 bits per heavy atom. The third-order valence-corrected chi connectivity index (χ3v) is 6.46. The third-order valence-electron chi connectivity index (χ3n) is 4.98. The van der Waals surface area contributed by atoms with E-state index >= 15 is 0 Å². The SMILES string of the molecule is C.Cl.Clc1ccccc1.F.O=C(Cl)c1ccc(Cl)cc1.O=C(c1ccc(Cl)cc1)c1ccc(Cl)cc1.O=[C+]c1ccc(Cl)cc1.[F-].[F][Sb]([F])([F])([F])[F].[F][Sb]([F])([F])([F])[F]. The molecule has 0 unspecified atom stereocenters. The van der Waals surface area contributed by atoms with Crippen molar-refractivity contribution in [2.45, 2.75) is 7.43 Å². The molecule has 0 aliphatic carbocycles. The zero-order chi connectivity index (χ0) is 41.8. The van der Waals surface area contributed by atoms with Crippen LogP contribution in [-0.2, 0) is 4.79 Å². The summed E-state index contributed by atoms with van der Waals surface area (Å²) in [7, 11) is 0. The molecule has 24 heteroatoms. The van der Waals surface area contributed by atoms with Crippen LogP contribution in [0.25, 0.3) is 0 Å². The molecule has 0 fully saturated rings. The Kier molecular flexibility index (Phi) is 33.6. The summed E-state index contributed by atoms with van der Waals surface area (Å²) >= 11 is 14.9. The van der Waals surface area contributed by atoms with Crippen molar-refractivity contribution in [3.8, 4) is 0 Å². The van der Waals surface area contributed by atoms with Crippen molar-refractivity contribution in [3.05, 3.63) is 175 Å². The Morgan fingerprint density at radius 3 is 0.879 bits per heavy atom. The number of halogens is 19. The second-order valence-electron chi connectivity index (χ2n) is 9.31. The monoisotopic (exact) mass is 1200 g/mol. The van der Waals surface area contributed by atoms with E-state index < -0.39 is 45.8 Å². The first kappa shape index (κ1) is 65.0. The first-order valence-electron chi connectivity index (χ1n) is 13.6. The molecule has 0 saturated carbocycles. The second-order valence-corrected chi connectivity index (χ2v) is 19.1. The number of benzene rings is 5. The Hall–Kier alpha value is -2.15. The average Bonchev–Trinajstić information content (AvgIpc) is 3.05. The van der Waals surface area contributed by atoms with Gasteiger partial charge in [0.25, 0.3) is 5.24 Å². The van der Waals surface area contributed by atoms with Crippen molar-refractivity contribution in [3.63, 3.8) is 0 Å². The predicted octanol–water partition coefficient (Wildman–Crippen LogP) is 12.7. The van der Waals surface area contributed by atoms with Crippen LogP contribution in [0, 0.1) is 0 Å². The van der Waals surface area contributed by atoms with Crippen LogP contribution >= 0.6 is 82.0 Å². The van der Waals surface area contributed by atoms with Crippen LogP contribution in [-0.4, -0.2) is 57.9 Å². The van der Waals surface area contributed by atoms with Gasteiger partial charge in [-0.05, 0) is 96.5 Å². The average molecular weight is 1200 g/mol. The van der Waals surface area contributed by atoms with Crippen molar-refractivity contribution in [2.24, 2.45) is 0 Å². The van der Waals surface area contributed by atoms with Gasteiger partial charge in [0.05, 0.1) is 17.2 Å². The number of carbonyl (C=O) groups excluding carboxylic acids is 3. The molecule has 3 nitrogen and oxygen atoms in total. The van der Waals surface area contributed by atoms with Gasteiger partial charge in [0.1, 0.15) is 0 Å². The van der Waals surface area contributed by atoms with Gasteiger partial charge in [-0.2, -0.15) is 0 Å². The van der Waals surface area contributed by atoms with E-state index in [0.717, 1.165) is 5.02 Å². The van der Waals surface area contributed by atoms with E-state index in [4.69, 9.17) is 69.6 Å². The molecule has 0 N–H and O–H groups in total. The topological polar surface area (TPSA) is 51.2 Å². The maximum atomic E-state index is 12.0. The van der Waals surface area contributed by atoms with Gasteiger partial charge in [0.2, 0.25) is 5.56 Å². The second kappa shape index (κ2) is 30.0. The quantitative estimate of drug-likeness (QED) is 0.0592.